The van der Waals surface area contributed by atoms with E-state index < -0.39 is 5.92 Å². The van der Waals surface area contributed by atoms with Gasteiger partial charge in [-0.2, -0.15) is 0 Å². The molecule has 6 nitrogen and oxygen atoms in total. The summed E-state index contributed by atoms with van der Waals surface area (Å²) in [4.78, 5) is 33.2. The molecule has 1 aliphatic rings. The van der Waals surface area contributed by atoms with E-state index >= 15 is 0 Å². The van der Waals surface area contributed by atoms with Gasteiger partial charge in [0, 0.05) is 5.92 Å². The SMILES string of the molecule is CC1C(=Nc2ccc(O)cc2)C(=O)CC(=O)C1=Nc1ccc(O)cc1. The predicted molar refractivity (Wildman–Crippen MR) is 94.2 cm³/mol. The number of aliphatic imine (C=N–C) groups is 2. The Balaban J connectivity index is 1.97. The molecule has 0 heterocycles. The maximum atomic E-state index is 12.2. The number of ketones is 2. The molecule has 0 spiro atoms. The van der Waals surface area contributed by atoms with Gasteiger partial charge in [-0.15, -0.1) is 0 Å². The van der Waals surface area contributed by atoms with Crippen LogP contribution in [0.5, 0.6) is 11.5 Å². The summed E-state index contributed by atoms with van der Waals surface area (Å²) in [5, 5.41) is 18.7. The van der Waals surface area contributed by atoms with Crippen LogP contribution in [0.4, 0.5) is 11.4 Å². The Morgan fingerprint density at radius 1 is 0.760 bits per heavy atom. The predicted octanol–water partition coefficient (Wildman–Crippen LogP) is 3.12. The Labute approximate surface area is 144 Å². The van der Waals surface area contributed by atoms with Crippen molar-refractivity contribution in [2.24, 2.45) is 15.9 Å². The second kappa shape index (κ2) is 6.68. The van der Waals surface area contributed by atoms with Crippen molar-refractivity contribution in [2.45, 2.75) is 13.3 Å². The summed E-state index contributed by atoms with van der Waals surface area (Å²) in [5.41, 5.74) is 1.57. The van der Waals surface area contributed by atoms with Crippen molar-refractivity contribution in [3.63, 3.8) is 0 Å². The average molecular weight is 336 g/mol. The molecule has 25 heavy (non-hydrogen) atoms. The van der Waals surface area contributed by atoms with E-state index in [0.717, 1.165) is 0 Å². The lowest BCUT2D eigenvalue weighted by atomic mass is 9.84. The molecular weight excluding hydrogens is 320 g/mol. The van der Waals surface area contributed by atoms with Gasteiger partial charge in [0.1, 0.15) is 11.5 Å². The van der Waals surface area contributed by atoms with Crippen molar-refractivity contribution in [3.8, 4) is 11.5 Å². The molecule has 0 amide bonds. The summed E-state index contributed by atoms with van der Waals surface area (Å²) in [6.45, 7) is 1.72. The number of aromatic hydroxyl groups is 2. The number of rotatable bonds is 2. The molecule has 2 aromatic rings. The van der Waals surface area contributed by atoms with Crippen LogP contribution in [0.15, 0.2) is 58.5 Å². The number of phenols is 2. The lowest BCUT2D eigenvalue weighted by Crippen LogP contribution is -2.40. The van der Waals surface area contributed by atoms with Crippen LogP contribution in [-0.4, -0.2) is 33.2 Å². The second-order valence-electron chi connectivity index (χ2n) is 5.77. The average Bonchev–Trinajstić information content (AvgIpc) is 2.59. The monoisotopic (exact) mass is 336 g/mol. The summed E-state index contributed by atoms with van der Waals surface area (Å²) < 4.78 is 0. The molecular formula is C19H16N2O4. The Morgan fingerprint density at radius 2 is 1.12 bits per heavy atom. The summed E-state index contributed by atoms with van der Waals surface area (Å²) >= 11 is 0. The highest BCUT2D eigenvalue weighted by Crippen LogP contribution is 2.24. The standard InChI is InChI=1S/C19H16N2O4/c1-11-18(20-12-2-6-14(22)7-3-12)16(24)10-17(25)19(11)21-13-4-8-15(23)9-5-13/h2-9,11,22-23H,10H2,1H3. The minimum atomic E-state index is -0.545. The van der Waals surface area contributed by atoms with Crippen LogP contribution in [0.1, 0.15) is 13.3 Å². The third kappa shape index (κ3) is 3.63. The third-order valence-electron chi connectivity index (χ3n) is 3.91. The maximum Gasteiger partial charge on any atom is 0.185 e. The topological polar surface area (TPSA) is 99.3 Å². The minimum absolute atomic E-state index is 0.108. The van der Waals surface area contributed by atoms with Gasteiger partial charge in [-0.05, 0) is 48.5 Å². The number of Topliss-reactive ketones (excluding diaryl/α,β-unsaturated/α-hetero) is 2. The van der Waals surface area contributed by atoms with Crippen molar-refractivity contribution in [1.82, 2.24) is 0 Å². The van der Waals surface area contributed by atoms with Gasteiger partial charge in [0.2, 0.25) is 0 Å². The highest BCUT2D eigenvalue weighted by Gasteiger charge is 2.35. The normalized spacial score (nSPS) is 21.1. The molecule has 0 radical (unpaired) electrons. The first-order chi connectivity index (χ1) is 11.9. The molecule has 1 saturated carbocycles. The quantitative estimate of drug-likeness (QED) is 0.823. The van der Waals surface area contributed by atoms with Crippen LogP contribution >= 0.6 is 0 Å². The number of carbonyl (C=O) groups excluding carboxylic acids is 2. The van der Waals surface area contributed by atoms with Crippen LogP contribution in [0, 0.1) is 5.92 Å². The van der Waals surface area contributed by atoms with Crippen LogP contribution in [0.2, 0.25) is 0 Å². The van der Waals surface area contributed by atoms with E-state index in [1.54, 1.807) is 31.2 Å². The smallest absolute Gasteiger partial charge is 0.185 e. The van der Waals surface area contributed by atoms with Crippen LogP contribution < -0.4 is 0 Å². The molecule has 0 saturated heterocycles. The molecule has 2 N–H and O–H groups in total. The van der Waals surface area contributed by atoms with Gasteiger partial charge >= 0.3 is 0 Å². The van der Waals surface area contributed by atoms with Gasteiger partial charge in [-0.1, -0.05) is 6.92 Å². The van der Waals surface area contributed by atoms with E-state index in [2.05, 4.69) is 9.98 Å². The maximum absolute atomic E-state index is 12.2. The Hall–Kier alpha value is -3.28. The first-order valence-electron chi connectivity index (χ1n) is 7.75. The Morgan fingerprint density at radius 3 is 1.48 bits per heavy atom. The van der Waals surface area contributed by atoms with Crippen molar-refractivity contribution >= 4 is 34.4 Å². The van der Waals surface area contributed by atoms with Gasteiger partial charge in [0.05, 0.1) is 29.2 Å². The van der Waals surface area contributed by atoms with Crippen molar-refractivity contribution in [2.75, 3.05) is 0 Å². The van der Waals surface area contributed by atoms with E-state index in [1.807, 2.05) is 0 Å². The summed E-state index contributed by atoms with van der Waals surface area (Å²) in [7, 11) is 0. The van der Waals surface area contributed by atoms with Gasteiger partial charge in [-0.3, -0.25) is 9.59 Å². The third-order valence-corrected chi connectivity index (χ3v) is 3.91. The number of benzene rings is 2. The molecule has 0 aromatic heterocycles. The van der Waals surface area contributed by atoms with Gasteiger partial charge < -0.3 is 10.2 Å². The summed E-state index contributed by atoms with van der Waals surface area (Å²) in [6, 6.07) is 12.3. The minimum Gasteiger partial charge on any atom is -0.508 e. The fourth-order valence-electron chi connectivity index (χ4n) is 2.59. The lowest BCUT2D eigenvalue weighted by Gasteiger charge is -2.21. The number of carbonyl (C=O) groups is 2. The molecule has 3 rings (SSSR count). The van der Waals surface area contributed by atoms with Gasteiger partial charge in [-0.25, -0.2) is 9.98 Å². The first kappa shape index (κ1) is 16.6. The zero-order valence-electron chi connectivity index (χ0n) is 13.5. The number of phenolic OH excluding ortho intramolecular Hbond substituents is 2. The van der Waals surface area contributed by atoms with Gasteiger partial charge in [0.25, 0.3) is 0 Å². The number of hydrogen-bond donors (Lipinski definition) is 2. The molecule has 1 fully saturated rings. The Bertz CT molecular complexity index is 807. The van der Waals surface area contributed by atoms with Crippen LogP contribution in [-0.2, 0) is 9.59 Å². The number of hydrogen-bond acceptors (Lipinski definition) is 6. The lowest BCUT2D eigenvalue weighted by molar-refractivity contribution is -0.120. The fourth-order valence-corrected chi connectivity index (χ4v) is 2.59. The van der Waals surface area contributed by atoms with Crippen LogP contribution in [0.3, 0.4) is 0 Å². The van der Waals surface area contributed by atoms with E-state index in [4.69, 9.17) is 0 Å². The Kier molecular flexibility index (Phi) is 4.43. The highest BCUT2D eigenvalue weighted by atomic mass is 16.3. The zero-order chi connectivity index (χ0) is 18.0. The van der Waals surface area contributed by atoms with Crippen molar-refractivity contribution < 1.29 is 19.8 Å². The molecule has 1 aliphatic carbocycles. The van der Waals surface area contributed by atoms with E-state index in [1.165, 1.54) is 24.3 Å². The van der Waals surface area contributed by atoms with E-state index in [-0.39, 0.29) is 40.9 Å². The molecule has 2 aromatic carbocycles. The molecule has 6 heteroatoms. The number of nitrogens with zero attached hydrogens (tertiary/aromatic N) is 2. The first-order valence-corrected chi connectivity index (χ1v) is 7.75. The molecule has 0 bridgehead atoms. The largest absolute Gasteiger partial charge is 0.508 e. The summed E-state index contributed by atoms with van der Waals surface area (Å²) in [5.74, 6) is -0.977. The fraction of sp³-hybridized carbons (Fsp3) is 0.158. The second-order valence-corrected chi connectivity index (χ2v) is 5.77. The van der Waals surface area contributed by atoms with Crippen molar-refractivity contribution in [1.29, 1.82) is 0 Å². The summed E-state index contributed by atoms with van der Waals surface area (Å²) in [6.07, 6.45) is -0.266. The van der Waals surface area contributed by atoms with Gasteiger partial charge in [0.15, 0.2) is 11.6 Å². The molecule has 0 atom stereocenters. The molecule has 0 unspecified atom stereocenters. The van der Waals surface area contributed by atoms with Crippen molar-refractivity contribution in [3.05, 3.63) is 48.5 Å². The molecule has 126 valence electrons. The zero-order valence-corrected chi connectivity index (χ0v) is 13.5. The molecule has 0 aliphatic heterocycles. The van der Waals surface area contributed by atoms with E-state index in [9.17, 15) is 19.8 Å². The highest BCUT2D eigenvalue weighted by molar-refractivity contribution is 6.62. The van der Waals surface area contributed by atoms with Crippen LogP contribution in [0.25, 0.3) is 0 Å². The van der Waals surface area contributed by atoms with E-state index in [0.29, 0.717) is 11.4 Å².